The Morgan fingerprint density at radius 1 is 1.41 bits per heavy atom. The van der Waals surface area contributed by atoms with Crippen LogP contribution in [0.5, 0.6) is 0 Å². The molecule has 1 aliphatic heterocycles. The van der Waals surface area contributed by atoms with Crippen LogP contribution in [0.1, 0.15) is 17.5 Å². The monoisotopic (exact) mass is 299 g/mol. The first-order valence-electron chi connectivity index (χ1n) is 7.18. The van der Waals surface area contributed by atoms with Crippen LogP contribution in [0.4, 0.5) is 4.79 Å². The zero-order chi connectivity index (χ0) is 15.7. The molecule has 2 N–H and O–H groups in total. The molecule has 1 spiro atoms. The van der Waals surface area contributed by atoms with Gasteiger partial charge in [-0.15, -0.1) is 6.58 Å². The summed E-state index contributed by atoms with van der Waals surface area (Å²) in [5, 5.41) is 5.35. The van der Waals surface area contributed by atoms with Crippen molar-refractivity contribution >= 4 is 17.8 Å². The van der Waals surface area contributed by atoms with E-state index in [2.05, 4.69) is 17.2 Å². The molecule has 1 heterocycles. The van der Waals surface area contributed by atoms with Crippen LogP contribution in [0.2, 0.25) is 0 Å². The summed E-state index contributed by atoms with van der Waals surface area (Å²) >= 11 is 0. The summed E-state index contributed by atoms with van der Waals surface area (Å²) in [4.78, 5) is 37.7. The Morgan fingerprint density at radius 3 is 2.95 bits per heavy atom. The van der Waals surface area contributed by atoms with Crippen LogP contribution in [0.25, 0.3) is 0 Å². The number of carbonyl (C=O) groups excluding carboxylic acids is 3. The van der Waals surface area contributed by atoms with Gasteiger partial charge in [0, 0.05) is 6.54 Å². The highest BCUT2D eigenvalue weighted by Crippen LogP contribution is 2.41. The molecule has 22 heavy (non-hydrogen) atoms. The summed E-state index contributed by atoms with van der Waals surface area (Å²) in [7, 11) is 0. The van der Waals surface area contributed by atoms with E-state index in [4.69, 9.17) is 0 Å². The molecule has 6 heteroatoms. The quantitative estimate of drug-likeness (QED) is 0.634. The van der Waals surface area contributed by atoms with Crippen molar-refractivity contribution in [3.05, 3.63) is 48.0 Å². The molecular weight excluding hydrogens is 282 g/mol. The van der Waals surface area contributed by atoms with Gasteiger partial charge in [-0.1, -0.05) is 30.3 Å². The number of hydrogen-bond donors (Lipinski definition) is 2. The molecule has 0 unspecified atom stereocenters. The van der Waals surface area contributed by atoms with Gasteiger partial charge in [-0.2, -0.15) is 0 Å². The van der Waals surface area contributed by atoms with Gasteiger partial charge in [0.25, 0.3) is 5.91 Å². The Morgan fingerprint density at radius 2 is 2.18 bits per heavy atom. The SMILES string of the molecule is C=CCNC(=O)CN1C(=O)N[C@@]2(CCc3ccccc32)C1=O. The predicted octanol–water partition coefficient (Wildman–Crippen LogP) is 0.682. The van der Waals surface area contributed by atoms with Crippen molar-refractivity contribution in [2.45, 2.75) is 18.4 Å². The van der Waals surface area contributed by atoms with E-state index in [0.29, 0.717) is 13.0 Å². The van der Waals surface area contributed by atoms with E-state index in [1.165, 1.54) is 0 Å². The summed E-state index contributed by atoms with van der Waals surface area (Å²) in [6.07, 6.45) is 2.80. The van der Waals surface area contributed by atoms with Crippen LogP contribution in [-0.2, 0) is 21.5 Å². The molecule has 0 bridgehead atoms. The third-order valence-electron chi connectivity index (χ3n) is 4.17. The average Bonchev–Trinajstić information content (AvgIpc) is 3.00. The molecule has 1 atom stereocenters. The summed E-state index contributed by atoms with van der Waals surface area (Å²) in [5.74, 6) is -0.733. The Balaban J connectivity index is 1.84. The summed E-state index contributed by atoms with van der Waals surface area (Å²) in [6.45, 7) is 3.53. The van der Waals surface area contributed by atoms with Crippen molar-refractivity contribution in [3.8, 4) is 0 Å². The summed E-state index contributed by atoms with van der Waals surface area (Å²) in [6, 6.07) is 7.07. The lowest BCUT2D eigenvalue weighted by atomic mass is 9.92. The normalized spacial score (nSPS) is 22.6. The second-order valence-electron chi connectivity index (χ2n) is 5.48. The average molecular weight is 299 g/mol. The van der Waals surface area contributed by atoms with E-state index in [-0.39, 0.29) is 18.4 Å². The van der Waals surface area contributed by atoms with Gasteiger partial charge in [-0.3, -0.25) is 14.5 Å². The molecule has 0 saturated carbocycles. The van der Waals surface area contributed by atoms with Crippen LogP contribution in [0.15, 0.2) is 36.9 Å². The molecule has 0 aromatic heterocycles. The first-order chi connectivity index (χ1) is 10.6. The van der Waals surface area contributed by atoms with Crippen molar-refractivity contribution < 1.29 is 14.4 Å². The molecule has 1 aromatic rings. The van der Waals surface area contributed by atoms with Gasteiger partial charge in [0.15, 0.2) is 0 Å². The third-order valence-corrected chi connectivity index (χ3v) is 4.17. The number of hydrogen-bond acceptors (Lipinski definition) is 3. The lowest BCUT2D eigenvalue weighted by molar-refractivity contribution is -0.135. The molecule has 6 nitrogen and oxygen atoms in total. The molecule has 114 valence electrons. The lowest BCUT2D eigenvalue weighted by Gasteiger charge is -2.22. The number of fused-ring (bicyclic) bond motifs is 2. The van der Waals surface area contributed by atoms with Crippen LogP contribution in [-0.4, -0.2) is 35.8 Å². The molecule has 1 fully saturated rings. The van der Waals surface area contributed by atoms with Gasteiger partial charge < -0.3 is 10.6 Å². The van der Waals surface area contributed by atoms with Gasteiger partial charge in [0.2, 0.25) is 5.91 Å². The predicted molar refractivity (Wildman–Crippen MR) is 79.9 cm³/mol. The van der Waals surface area contributed by atoms with E-state index < -0.39 is 11.6 Å². The Bertz CT molecular complexity index is 670. The Labute approximate surface area is 128 Å². The van der Waals surface area contributed by atoms with Crippen molar-refractivity contribution in [3.63, 3.8) is 0 Å². The van der Waals surface area contributed by atoms with Crippen molar-refractivity contribution in [2.24, 2.45) is 0 Å². The number of nitrogens with one attached hydrogen (secondary N) is 2. The second kappa shape index (κ2) is 5.29. The number of imide groups is 1. The number of benzene rings is 1. The highest BCUT2D eigenvalue weighted by atomic mass is 16.2. The summed E-state index contributed by atoms with van der Waals surface area (Å²) in [5.41, 5.74) is 0.892. The van der Waals surface area contributed by atoms with Gasteiger partial charge >= 0.3 is 6.03 Å². The van der Waals surface area contributed by atoms with E-state index in [1.54, 1.807) is 6.08 Å². The third kappa shape index (κ3) is 2.07. The minimum absolute atomic E-state index is 0.275. The number of amides is 4. The first kappa shape index (κ1) is 14.3. The fourth-order valence-corrected chi connectivity index (χ4v) is 3.12. The topological polar surface area (TPSA) is 78.5 Å². The zero-order valence-corrected chi connectivity index (χ0v) is 12.1. The summed E-state index contributed by atoms with van der Waals surface area (Å²) < 4.78 is 0. The number of aryl methyl sites for hydroxylation is 1. The fourth-order valence-electron chi connectivity index (χ4n) is 3.12. The molecule has 2 aliphatic rings. The minimum atomic E-state index is -1.01. The smallest absolute Gasteiger partial charge is 0.325 e. The number of urea groups is 1. The number of nitrogens with zero attached hydrogens (tertiary/aromatic N) is 1. The van der Waals surface area contributed by atoms with Gasteiger partial charge in [-0.05, 0) is 24.0 Å². The first-order valence-corrected chi connectivity index (χ1v) is 7.18. The molecule has 1 aliphatic carbocycles. The standard InChI is InChI=1S/C16H17N3O3/c1-2-9-17-13(20)10-19-14(21)16(18-15(19)22)8-7-11-5-3-4-6-12(11)16/h2-6H,1,7-10H2,(H,17,20)(H,18,22)/t16-/m1/s1. The van der Waals surface area contributed by atoms with E-state index in [1.807, 2.05) is 24.3 Å². The molecule has 0 radical (unpaired) electrons. The largest absolute Gasteiger partial charge is 0.351 e. The number of rotatable bonds is 4. The maximum atomic E-state index is 12.8. The van der Waals surface area contributed by atoms with Crippen LogP contribution in [0.3, 0.4) is 0 Å². The molecule has 3 rings (SSSR count). The maximum Gasteiger partial charge on any atom is 0.325 e. The Hall–Kier alpha value is -2.63. The van der Waals surface area contributed by atoms with Crippen molar-refractivity contribution in [2.75, 3.05) is 13.1 Å². The van der Waals surface area contributed by atoms with E-state index >= 15 is 0 Å². The highest BCUT2D eigenvalue weighted by Gasteiger charge is 2.55. The van der Waals surface area contributed by atoms with Crippen molar-refractivity contribution in [1.82, 2.24) is 15.5 Å². The zero-order valence-electron chi connectivity index (χ0n) is 12.1. The fraction of sp³-hybridized carbons (Fsp3) is 0.312. The van der Waals surface area contributed by atoms with Gasteiger partial charge in [-0.25, -0.2) is 4.79 Å². The van der Waals surface area contributed by atoms with E-state index in [9.17, 15) is 14.4 Å². The molecule has 1 aromatic carbocycles. The Kier molecular flexibility index (Phi) is 3.44. The number of carbonyl (C=O) groups is 3. The highest BCUT2D eigenvalue weighted by molar-refractivity contribution is 6.09. The molecule has 4 amide bonds. The van der Waals surface area contributed by atoms with E-state index in [0.717, 1.165) is 22.4 Å². The van der Waals surface area contributed by atoms with Crippen molar-refractivity contribution in [1.29, 1.82) is 0 Å². The van der Waals surface area contributed by atoms with Crippen LogP contribution >= 0.6 is 0 Å². The van der Waals surface area contributed by atoms with Crippen LogP contribution in [0, 0.1) is 0 Å². The van der Waals surface area contributed by atoms with Crippen LogP contribution < -0.4 is 10.6 Å². The lowest BCUT2D eigenvalue weighted by Crippen LogP contribution is -2.43. The van der Waals surface area contributed by atoms with Gasteiger partial charge in [0.05, 0.1) is 0 Å². The molecular formula is C16H17N3O3. The minimum Gasteiger partial charge on any atom is -0.351 e. The molecule has 1 saturated heterocycles. The second-order valence-corrected chi connectivity index (χ2v) is 5.48. The maximum absolute atomic E-state index is 12.8. The van der Waals surface area contributed by atoms with Gasteiger partial charge in [0.1, 0.15) is 12.1 Å².